The van der Waals surface area contributed by atoms with Gasteiger partial charge in [0.1, 0.15) is 5.75 Å². The molecule has 0 saturated heterocycles. The maximum atomic E-state index is 12.7. The summed E-state index contributed by atoms with van der Waals surface area (Å²) in [6.07, 6.45) is -0.517. The van der Waals surface area contributed by atoms with Crippen LogP contribution in [0.5, 0.6) is 5.75 Å². The number of nitrogens with one attached hydrogen (secondary N) is 1. The van der Waals surface area contributed by atoms with E-state index in [1.807, 2.05) is 37.3 Å². The number of urea groups is 1. The lowest BCUT2D eigenvalue weighted by Gasteiger charge is -2.22. The first-order valence-corrected chi connectivity index (χ1v) is 8.71. The van der Waals surface area contributed by atoms with Crippen LogP contribution in [-0.4, -0.2) is 50.9 Å². The van der Waals surface area contributed by atoms with Crippen molar-refractivity contribution in [1.82, 2.24) is 4.90 Å². The maximum absolute atomic E-state index is 12.7. The van der Waals surface area contributed by atoms with Gasteiger partial charge in [-0.05, 0) is 31.2 Å². The molecule has 0 aliphatic carbocycles. The molecule has 0 bridgehead atoms. The molecule has 0 aromatic heterocycles. The van der Waals surface area contributed by atoms with Crippen molar-refractivity contribution < 1.29 is 19.1 Å². The van der Waals surface area contributed by atoms with Gasteiger partial charge in [-0.1, -0.05) is 24.3 Å². The monoisotopic (exact) mass is 371 g/mol. The molecule has 2 aromatic rings. The van der Waals surface area contributed by atoms with Crippen molar-refractivity contribution in [3.05, 3.63) is 54.6 Å². The summed E-state index contributed by atoms with van der Waals surface area (Å²) in [5.74, 6) is 0.342. The van der Waals surface area contributed by atoms with Crippen molar-refractivity contribution in [2.24, 2.45) is 0 Å². The summed E-state index contributed by atoms with van der Waals surface area (Å²) in [5, 5.41) is 2.72. The second-order valence-corrected chi connectivity index (χ2v) is 5.90. The summed E-state index contributed by atoms with van der Waals surface area (Å²) in [4.78, 5) is 27.4. The number of para-hydroxylation sites is 1. The Balaban J connectivity index is 2.11. The summed E-state index contributed by atoms with van der Waals surface area (Å²) in [5.41, 5.74) is 1.26. The summed E-state index contributed by atoms with van der Waals surface area (Å²) in [7, 11) is 3.30. The Kier molecular flexibility index (Phi) is 7.63. The number of ether oxygens (including phenoxy) is 2. The van der Waals surface area contributed by atoms with E-state index in [1.54, 1.807) is 38.4 Å². The molecule has 1 N–H and O–H groups in total. The van der Waals surface area contributed by atoms with E-state index < -0.39 is 6.09 Å². The molecule has 0 fully saturated rings. The minimum Gasteiger partial charge on any atom is -0.410 e. The van der Waals surface area contributed by atoms with Crippen molar-refractivity contribution >= 4 is 23.5 Å². The van der Waals surface area contributed by atoms with Gasteiger partial charge in [-0.25, -0.2) is 9.59 Å². The fraction of sp³-hybridized carbons (Fsp3) is 0.300. The Morgan fingerprint density at radius 1 is 1.04 bits per heavy atom. The molecule has 0 aliphatic heterocycles. The average Bonchev–Trinajstić information content (AvgIpc) is 2.66. The van der Waals surface area contributed by atoms with Crippen molar-refractivity contribution in [2.75, 3.05) is 44.1 Å². The van der Waals surface area contributed by atoms with Gasteiger partial charge in [-0.2, -0.15) is 0 Å². The van der Waals surface area contributed by atoms with Crippen LogP contribution in [-0.2, 0) is 4.74 Å². The molecular formula is C20H25N3O4. The first-order valence-electron chi connectivity index (χ1n) is 8.71. The van der Waals surface area contributed by atoms with Gasteiger partial charge in [-0.3, -0.25) is 4.90 Å². The van der Waals surface area contributed by atoms with E-state index >= 15 is 0 Å². The van der Waals surface area contributed by atoms with Crippen LogP contribution in [0.25, 0.3) is 0 Å². The first kappa shape index (κ1) is 20.3. The number of amides is 3. The third-order valence-electron chi connectivity index (χ3n) is 3.65. The molecular weight excluding hydrogens is 346 g/mol. The average molecular weight is 371 g/mol. The van der Waals surface area contributed by atoms with Gasteiger partial charge in [0.15, 0.2) is 0 Å². The van der Waals surface area contributed by atoms with Crippen LogP contribution in [0.15, 0.2) is 54.6 Å². The predicted octanol–water partition coefficient (Wildman–Crippen LogP) is 3.82. The standard InChI is InChI=1S/C20H25N3O4/c1-4-26-14-13-23(17-10-6-5-7-11-17)20(25)27-18-12-8-9-16(15-18)21-19(24)22(2)3/h5-12,15H,4,13-14H2,1-3H3,(H,21,24). The summed E-state index contributed by atoms with van der Waals surface area (Å²) in [6, 6.07) is 15.7. The summed E-state index contributed by atoms with van der Waals surface area (Å²) < 4.78 is 10.9. The lowest BCUT2D eigenvalue weighted by atomic mass is 10.3. The minimum atomic E-state index is -0.517. The molecule has 0 heterocycles. The van der Waals surface area contributed by atoms with Crippen molar-refractivity contribution in [2.45, 2.75) is 6.92 Å². The largest absolute Gasteiger partial charge is 0.419 e. The molecule has 144 valence electrons. The number of carbonyl (C=O) groups is 2. The third-order valence-corrected chi connectivity index (χ3v) is 3.65. The maximum Gasteiger partial charge on any atom is 0.419 e. The van der Waals surface area contributed by atoms with Crippen LogP contribution in [0, 0.1) is 0 Å². The Bertz CT molecular complexity index is 750. The van der Waals surface area contributed by atoms with Gasteiger partial charge in [0.05, 0.1) is 13.2 Å². The van der Waals surface area contributed by atoms with E-state index in [1.165, 1.54) is 9.80 Å². The van der Waals surface area contributed by atoms with E-state index in [-0.39, 0.29) is 6.03 Å². The molecule has 2 aromatic carbocycles. The highest BCUT2D eigenvalue weighted by Crippen LogP contribution is 2.20. The Morgan fingerprint density at radius 2 is 1.78 bits per heavy atom. The number of hydrogen-bond donors (Lipinski definition) is 1. The second-order valence-electron chi connectivity index (χ2n) is 5.90. The molecule has 2 rings (SSSR count). The highest BCUT2D eigenvalue weighted by molar-refractivity contribution is 5.90. The van der Waals surface area contributed by atoms with E-state index in [2.05, 4.69) is 5.32 Å². The lowest BCUT2D eigenvalue weighted by molar-refractivity contribution is 0.151. The van der Waals surface area contributed by atoms with Gasteiger partial charge < -0.3 is 19.7 Å². The van der Waals surface area contributed by atoms with Gasteiger partial charge in [-0.15, -0.1) is 0 Å². The molecule has 0 unspecified atom stereocenters. The second kappa shape index (κ2) is 10.2. The minimum absolute atomic E-state index is 0.263. The molecule has 0 atom stereocenters. The van der Waals surface area contributed by atoms with Crippen LogP contribution < -0.4 is 15.0 Å². The fourth-order valence-corrected chi connectivity index (χ4v) is 2.26. The normalized spacial score (nSPS) is 10.2. The number of rotatable bonds is 7. The van der Waals surface area contributed by atoms with Crippen LogP contribution in [0.3, 0.4) is 0 Å². The van der Waals surface area contributed by atoms with Crippen LogP contribution in [0.2, 0.25) is 0 Å². The Labute approximate surface area is 159 Å². The number of benzene rings is 2. The predicted molar refractivity (Wildman–Crippen MR) is 105 cm³/mol. The first-order chi connectivity index (χ1) is 13.0. The molecule has 27 heavy (non-hydrogen) atoms. The van der Waals surface area contributed by atoms with Gasteiger partial charge in [0, 0.05) is 38.1 Å². The molecule has 7 heteroatoms. The Morgan fingerprint density at radius 3 is 2.44 bits per heavy atom. The zero-order valence-corrected chi connectivity index (χ0v) is 15.8. The molecule has 0 radical (unpaired) electrons. The van der Waals surface area contributed by atoms with E-state index in [9.17, 15) is 9.59 Å². The van der Waals surface area contributed by atoms with Crippen LogP contribution in [0.1, 0.15) is 6.92 Å². The van der Waals surface area contributed by atoms with E-state index in [0.717, 1.165) is 5.69 Å². The van der Waals surface area contributed by atoms with Gasteiger partial charge in [0.25, 0.3) is 0 Å². The van der Waals surface area contributed by atoms with Crippen molar-refractivity contribution in [3.63, 3.8) is 0 Å². The quantitative estimate of drug-likeness (QED) is 0.751. The fourth-order valence-electron chi connectivity index (χ4n) is 2.26. The molecule has 0 spiro atoms. The molecule has 3 amide bonds. The van der Waals surface area contributed by atoms with E-state index in [0.29, 0.717) is 31.2 Å². The zero-order valence-electron chi connectivity index (χ0n) is 15.8. The highest BCUT2D eigenvalue weighted by atomic mass is 16.6. The number of carbonyl (C=O) groups excluding carboxylic acids is 2. The Hall–Kier alpha value is -3.06. The van der Waals surface area contributed by atoms with Crippen LogP contribution in [0.4, 0.5) is 21.0 Å². The van der Waals surface area contributed by atoms with E-state index in [4.69, 9.17) is 9.47 Å². The van der Waals surface area contributed by atoms with Gasteiger partial charge >= 0.3 is 12.1 Å². The van der Waals surface area contributed by atoms with Crippen molar-refractivity contribution in [1.29, 1.82) is 0 Å². The summed E-state index contributed by atoms with van der Waals surface area (Å²) in [6.45, 7) is 3.25. The lowest BCUT2D eigenvalue weighted by Crippen LogP contribution is -2.36. The SMILES string of the molecule is CCOCCN(C(=O)Oc1cccc(NC(=O)N(C)C)c1)c1ccccc1. The van der Waals surface area contributed by atoms with Crippen molar-refractivity contribution in [3.8, 4) is 5.75 Å². The molecule has 0 aliphatic rings. The number of nitrogens with zero attached hydrogens (tertiary/aromatic N) is 2. The van der Waals surface area contributed by atoms with Gasteiger partial charge in [0.2, 0.25) is 0 Å². The number of anilines is 2. The molecule has 7 nitrogen and oxygen atoms in total. The third kappa shape index (κ3) is 6.31. The zero-order chi connectivity index (χ0) is 19.6. The van der Waals surface area contributed by atoms with Crippen LogP contribution >= 0.6 is 0 Å². The number of hydrogen-bond acceptors (Lipinski definition) is 4. The summed E-state index contributed by atoms with van der Waals surface area (Å²) >= 11 is 0. The smallest absolute Gasteiger partial charge is 0.410 e. The topological polar surface area (TPSA) is 71.1 Å². The highest BCUT2D eigenvalue weighted by Gasteiger charge is 2.18. The molecule has 0 saturated carbocycles.